The standard InChI is InChI=1S/C13H14BrNOS/c1-16-8-11-4-2-3-5-12(11)15-7-10-6-13(14)17-9-10/h2-6,9,15H,7-8H2,1H3. The number of hydrogen-bond donors (Lipinski definition) is 1. The molecule has 2 nitrogen and oxygen atoms in total. The van der Waals surface area contributed by atoms with Crippen molar-refractivity contribution in [1.82, 2.24) is 0 Å². The molecular weight excluding hydrogens is 298 g/mol. The number of ether oxygens (including phenoxy) is 1. The van der Waals surface area contributed by atoms with Crippen LogP contribution in [-0.4, -0.2) is 7.11 Å². The molecule has 0 saturated carbocycles. The van der Waals surface area contributed by atoms with E-state index in [1.807, 2.05) is 12.1 Å². The van der Waals surface area contributed by atoms with Crippen LogP contribution in [0.3, 0.4) is 0 Å². The Morgan fingerprint density at radius 3 is 2.88 bits per heavy atom. The fourth-order valence-corrected chi connectivity index (χ4v) is 2.82. The maximum Gasteiger partial charge on any atom is 0.0733 e. The first-order valence-electron chi connectivity index (χ1n) is 5.33. The third kappa shape index (κ3) is 3.56. The first-order valence-corrected chi connectivity index (χ1v) is 7.00. The number of hydrogen-bond acceptors (Lipinski definition) is 3. The lowest BCUT2D eigenvalue weighted by Crippen LogP contribution is -2.02. The summed E-state index contributed by atoms with van der Waals surface area (Å²) >= 11 is 5.17. The van der Waals surface area contributed by atoms with Crippen molar-refractivity contribution < 1.29 is 4.74 Å². The summed E-state index contributed by atoms with van der Waals surface area (Å²) in [5, 5.41) is 5.58. The molecule has 2 rings (SSSR count). The van der Waals surface area contributed by atoms with E-state index < -0.39 is 0 Å². The lowest BCUT2D eigenvalue weighted by atomic mass is 10.2. The quantitative estimate of drug-likeness (QED) is 0.890. The Balaban J connectivity index is 2.03. The zero-order chi connectivity index (χ0) is 12.1. The molecule has 0 bridgehead atoms. The van der Waals surface area contributed by atoms with Crippen LogP contribution >= 0.6 is 27.3 Å². The molecular formula is C13H14BrNOS. The van der Waals surface area contributed by atoms with Crippen molar-refractivity contribution in [1.29, 1.82) is 0 Å². The molecule has 17 heavy (non-hydrogen) atoms. The maximum absolute atomic E-state index is 5.18. The second kappa shape index (κ2) is 6.19. The monoisotopic (exact) mass is 311 g/mol. The summed E-state index contributed by atoms with van der Waals surface area (Å²) in [6.07, 6.45) is 0. The highest BCUT2D eigenvalue weighted by molar-refractivity contribution is 9.11. The number of halogens is 1. The Morgan fingerprint density at radius 2 is 2.18 bits per heavy atom. The van der Waals surface area contributed by atoms with Crippen molar-refractivity contribution in [2.24, 2.45) is 0 Å². The van der Waals surface area contributed by atoms with Crippen LogP contribution in [0.25, 0.3) is 0 Å². The highest BCUT2D eigenvalue weighted by atomic mass is 79.9. The van der Waals surface area contributed by atoms with Gasteiger partial charge in [-0.3, -0.25) is 0 Å². The fourth-order valence-electron chi connectivity index (χ4n) is 1.61. The maximum atomic E-state index is 5.18. The summed E-state index contributed by atoms with van der Waals surface area (Å²) in [5.74, 6) is 0. The van der Waals surface area contributed by atoms with Gasteiger partial charge in [-0.05, 0) is 39.0 Å². The minimum Gasteiger partial charge on any atom is -0.381 e. The van der Waals surface area contributed by atoms with Crippen LogP contribution < -0.4 is 5.32 Å². The molecule has 0 saturated heterocycles. The predicted octanol–water partition coefficient (Wildman–Crippen LogP) is 4.27. The van der Waals surface area contributed by atoms with Crippen LogP contribution in [0.5, 0.6) is 0 Å². The van der Waals surface area contributed by atoms with Crippen LogP contribution in [-0.2, 0) is 17.9 Å². The van der Waals surface area contributed by atoms with Gasteiger partial charge < -0.3 is 10.1 Å². The molecule has 1 heterocycles. The van der Waals surface area contributed by atoms with Crippen molar-refractivity contribution in [2.75, 3.05) is 12.4 Å². The third-order valence-corrected chi connectivity index (χ3v) is 3.98. The lowest BCUT2D eigenvalue weighted by molar-refractivity contribution is 0.185. The summed E-state index contributed by atoms with van der Waals surface area (Å²) in [7, 11) is 1.72. The molecule has 4 heteroatoms. The molecule has 0 radical (unpaired) electrons. The number of benzene rings is 1. The summed E-state index contributed by atoms with van der Waals surface area (Å²) in [4.78, 5) is 0. The highest BCUT2D eigenvalue weighted by Crippen LogP contribution is 2.22. The van der Waals surface area contributed by atoms with Crippen molar-refractivity contribution in [3.05, 3.63) is 50.6 Å². The number of nitrogens with one attached hydrogen (secondary N) is 1. The van der Waals surface area contributed by atoms with E-state index in [1.165, 1.54) is 14.9 Å². The van der Waals surface area contributed by atoms with Gasteiger partial charge in [0.25, 0.3) is 0 Å². The van der Waals surface area contributed by atoms with Crippen molar-refractivity contribution >= 4 is 33.0 Å². The second-order valence-corrected chi connectivity index (χ2v) is 5.99. The van der Waals surface area contributed by atoms with Gasteiger partial charge in [-0.2, -0.15) is 0 Å². The molecule has 0 atom stereocenters. The molecule has 0 fully saturated rings. The van der Waals surface area contributed by atoms with Crippen LogP contribution in [0.1, 0.15) is 11.1 Å². The predicted molar refractivity (Wildman–Crippen MR) is 76.5 cm³/mol. The Labute approximate surface area is 114 Å². The molecule has 0 aliphatic carbocycles. The Hall–Kier alpha value is -0.840. The van der Waals surface area contributed by atoms with Crippen LogP contribution in [0, 0.1) is 0 Å². The molecule has 0 unspecified atom stereocenters. The smallest absolute Gasteiger partial charge is 0.0733 e. The molecule has 90 valence electrons. The Bertz CT molecular complexity index is 484. The number of anilines is 1. The van der Waals surface area contributed by atoms with Gasteiger partial charge in [0, 0.05) is 24.9 Å². The van der Waals surface area contributed by atoms with Gasteiger partial charge in [-0.1, -0.05) is 18.2 Å². The number of para-hydroxylation sites is 1. The molecule has 1 aromatic carbocycles. The second-order valence-electron chi connectivity index (χ2n) is 3.70. The molecule has 0 spiro atoms. The SMILES string of the molecule is COCc1ccccc1NCc1csc(Br)c1. The topological polar surface area (TPSA) is 21.3 Å². The number of methoxy groups -OCH3 is 1. The Kier molecular flexibility index (Phi) is 4.59. The molecule has 1 N–H and O–H groups in total. The van der Waals surface area contributed by atoms with Gasteiger partial charge in [-0.25, -0.2) is 0 Å². The molecule has 0 aliphatic rings. The summed E-state index contributed by atoms with van der Waals surface area (Å²) in [5.41, 5.74) is 3.61. The van der Waals surface area contributed by atoms with E-state index in [9.17, 15) is 0 Å². The highest BCUT2D eigenvalue weighted by Gasteiger charge is 2.02. The minimum absolute atomic E-state index is 0.635. The first kappa shape index (κ1) is 12.6. The van der Waals surface area contributed by atoms with Gasteiger partial charge in [-0.15, -0.1) is 11.3 Å². The van der Waals surface area contributed by atoms with Gasteiger partial charge >= 0.3 is 0 Å². The van der Waals surface area contributed by atoms with Gasteiger partial charge in [0.05, 0.1) is 10.4 Å². The average Bonchev–Trinajstić information content (AvgIpc) is 2.74. The third-order valence-electron chi connectivity index (χ3n) is 2.42. The van der Waals surface area contributed by atoms with Crippen molar-refractivity contribution in [3.63, 3.8) is 0 Å². The summed E-state index contributed by atoms with van der Waals surface area (Å²) in [6.45, 7) is 1.47. The fraction of sp³-hybridized carbons (Fsp3) is 0.231. The number of thiophene rings is 1. The zero-order valence-electron chi connectivity index (χ0n) is 9.57. The van der Waals surface area contributed by atoms with E-state index in [0.717, 1.165) is 12.2 Å². The summed E-state index contributed by atoms with van der Waals surface area (Å²) < 4.78 is 6.35. The van der Waals surface area contributed by atoms with Gasteiger partial charge in [0.1, 0.15) is 0 Å². The van der Waals surface area contributed by atoms with Gasteiger partial charge in [0.15, 0.2) is 0 Å². The van der Waals surface area contributed by atoms with E-state index >= 15 is 0 Å². The number of rotatable bonds is 5. The normalized spacial score (nSPS) is 10.5. The molecule has 2 aromatic rings. The van der Waals surface area contributed by atoms with E-state index in [1.54, 1.807) is 18.4 Å². The summed E-state index contributed by atoms with van der Waals surface area (Å²) in [6, 6.07) is 10.4. The molecule has 0 amide bonds. The minimum atomic E-state index is 0.635. The zero-order valence-corrected chi connectivity index (χ0v) is 12.0. The first-order chi connectivity index (χ1) is 8.29. The van der Waals surface area contributed by atoms with Crippen molar-refractivity contribution in [2.45, 2.75) is 13.2 Å². The van der Waals surface area contributed by atoms with Crippen LogP contribution in [0.2, 0.25) is 0 Å². The van der Waals surface area contributed by atoms with Crippen LogP contribution in [0.15, 0.2) is 39.5 Å². The largest absolute Gasteiger partial charge is 0.381 e. The van der Waals surface area contributed by atoms with E-state index in [2.05, 4.69) is 44.8 Å². The van der Waals surface area contributed by atoms with Gasteiger partial charge in [0.2, 0.25) is 0 Å². The lowest BCUT2D eigenvalue weighted by Gasteiger charge is -2.10. The van der Waals surface area contributed by atoms with E-state index in [4.69, 9.17) is 4.74 Å². The Morgan fingerprint density at radius 1 is 1.35 bits per heavy atom. The van der Waals surface area contributed by atoms with E-state index in [0.29, 0.717) is 6.61 Å². The average molecular weight is 312 g/mol. The molecule has 0 aliphatic heterocycles. The van der Waals surface area contributed by atoms with Crippen molar-refractivity contribution in [3.8, 4) is 0 Å². The van der Waals surface area contributed by atoms with E-state index in [-0.39, 0.29) is 0 Å². The molecule has 1 aromatic heterocycles. The van der Waals surface area contributed by atoms with Crippen LogP contribution in [0.4, 0.5) is 5.69 Å².